The van der Waals surface area contributed by atoms with Gasteiger partial charge in [-0.2, -0.15) is 0 Å². The largest absolute Gasteiger partial charge is 0.299 e. The van der Waals surface area contributed by atoms with Crippen molar-refractivity contribution in [1.82, 2.24) is 0 Å². The number of carbonyl (C=O) groups is 1. The fraction of sp³-hybridized carbons (Fsp3) is 0.786. The molecule has 0 N–H and O–H groups in total. The Labute approximate surface area is 93.6 Å². The second-order valence-corrected chi connectivity index (χ2v) is 5.63. The average Bonchev–Trinajstić information content (AvgIpc) is 2.15. The van der Waals surface area contributed by atoms with Crippen LogP contribution in [0.2, 0.25) is 0 Å². The molecule has 1 fully saturated rings. The van der Waals surface area contributed by atoms with Crippen molar-refractivity contribution in [2.45, 2.75) is 53.4 Å². The minimum absolute atomic E-state index is 0.204. The van der Waals surface area contributed by atoms with E-state index >= 15 is 0 Å². The lowest BCUT2D eigenvalue weighted by atomic mass is 9.68. The highest BCUT2D eigenvalue weighted by atomic mass is 16.1. The molecule has 0 heterocycles. The fourth-order valence-electron chi connectivity index (χ4n) is 2.32. The van der Waals surface area contributed by atoms with Gasteiger partial charge in [0.15, 0.2) is 0 Å². The zero-order valence-corrected chi connectivity index (χ0v) is 10.4. The zero-order chi connectivity index (χ0) is 11.5. The van der Waals surface area contributed by atoms with Crippen LogP contribution in [0.1, 0.15) is 53.4 Å². The van der Waals surface area contributed by atoms with E-state index in [2.05, 4.69) is 32.6 Å². The maximum Gasteiger partial charge on any atom is 0.136 e. The summed E-state index contributed by atoms with van der Waals surface area (Å²) in [5.74, 6) is 7.25. The average molecular weight is 206 g/mol. The Morgan fingerprint density at radius 2 is 2.07 bits per heavy atom. The van der Waals surface area contributed by atoms with Gasteiger partial charge in [-0.25, -0.2) is 0 Å². The number of hydrogen-bond donors (Lipinski definition) is 0. The van der Waals surface area contributed by atoms with Gasteiger partial charge in [-0.05, 0) is 31.1 Å². The van der Waals surface area contributed by atoms with E-state index in [0.29, 0.717) is 17.1 Å². The summed E-state index contributed by atoms with van der Waals surface area (Å²) in [5, 5.41) is 0. The van der Waals surface area contributed by atoms with E-state index in [4.69, 9.17) is 0 Å². The number of hydrogen-bond acceptors (Lipinski definition) is 1. The molecule has 1 heteroatoms. The molecule has 0 amide bonds. The molecule has 1 aliphatic rings. The molecular weight excluding hydrogens is 184 g/mol. The summed E-state index contributed by atoms with van der Waals surface area (Å²) in [6.07, 6.45) is 3.63. The van der Waals surface area contributed by atoms with Crippen molar-refractivity contribution in [2.75, 3.05) is 0 Å². The van der Waals surface area contributed by atoms with Crippen LogP contribution in [-0.2, 0) is 4.79 Å². The Hall–Kier alpha value is -0.770. The Balaban J connectivity index is 2.62. The highest BCUT2D eigenvalue weighted by Crippen LogP contribution is 2.39. The van der Waals surface area contributed by atoms with Gasteiger partial charge < -0.3 is 0 Å². The Morgan fingerprint density at radius 3 is 2.60 bits per heavy atom. The monoisotopic (exact) mass is 206 g/mol. The minimum Gasteiger partial charge on any atom is -0.299 e. The van der Waals surface area contributed by atoms with Gasteiger partial charge in [0.2, 0.25) is 0 Å². The molecule has 2 atom stereocenters. The zero-order valence-electron chi connectivity index (χ0n) is 10.4. The van der Waals surface area contributed by atoms with Crippen molar-refractivity contribution in [3.63, 3.8) is 0 Å². The van der Waals surface area contributed by atoms with E-state index in [9.17, 15) is 4.79 Å². The first-order valence-corrected chi connectivity index (χ1v) is 5.87. The standard InChI is InChI=1S/C14H22O/c1-5-6-7-11-10-12(14(2,3)4)8-9-13(11)15/h11-12H,7-10H2,1-4H3. The summed E-state index contributed by atoms with van der Waals surface area (Å²) >= 11 is 0. The highest BCUT2D eigenvalue weighted by molar-refractivity contribution is 5.82. The van der Waals surface area contributed by atoms with E-state index in [-0.39, 0.29) is 5.92 Å². The topological polar surface area (TPSA) is 17.1 Å². The summed E-state index contributed by atoms with van der Waals surface area (Å²) in [4.78, 5) is 11.7. The van der Waals surface area contributed by atoms with Crippen LogP contribution in [0.25, 0.3) is 0 Å². The quantitative estimate of drug-likeness (QED) is 0.601. The summed E-state index contributed by atoms with van der Waals surface area (Å²) in [5.41, 5.74) is 0.332. The molecule has 84 valence electrons. The first-order chi connectivity index (χ1) is 6.95. The van der Waals surface area contributed by atoms with Gasteiger partial charge in [-0.3, -0.25) is 4.79 Å². The maximum absolute atomic E-state index is 11.7. The van der Waals surface area contributed by atoms with Crippen LogP contribution in [0.3, 0.4) is 0 Å². The second kappa shape index (κ2) is 4.84. The smallest absolute Gasteiger partial charge is 0.136 e. The third-order valence-electron chi connectivity index (χ3n) is 3.51. The molecule has 1 rings (SSSR count). The molecule has 0 bridgehead atoms. The molecule has 1 nitrogen and oxygen atoms in total. The number of Topliss-reactive ketones (excluding diaryl/α,β-unsaturated/α-hetero) is 1. The number of ketones is 1. The predicted octanol–water partition coefficient (Wildman–Crippen LogP) is 3.43. The minimum atomic E-state index is 0.204. The number of rotatable bonds is 1. The summed E-state index contributed by atoms with van der Waals surface area (Å²) in [6.45, 7) is 8.66. The van der Waals surface area contributed by atoms with Gasteiger partial charge in [-0.15, -0.1) is 11.8 Å². The first kappa shape index (κ1) is 12.3. The molecule has 0 aliphatic heterocycles. The summed E-state index contributed by atoms with van der Waals surface area (Å²) in [7, 11) is 0. The lowest BCUT2D eigenvalue weighted by Crippen LogP contribution is -2.31. The van der Waals surface area contributed by atoms with Crippen LogP contribution in [0.15, 0.2) is 0 Å². The van der Waals surface area contributed by atoms with Gasteiger partial charge >= 0.3 is 0 Å². The second-order valence-electron chi connectivity index (χ2n) is 5.63. The van der Waals surface area contributed by atoms with E-state index in [1.807, 2.05) is 6.92 Å². The lowest BCUT2D eigenvalue weighted by Gasteiger charge is -2.36. The fourth-order valence-corrected chi connectivity index (χ4v) is 2.32. The number of carbonyl (C=O) groups excluding carboxylic acids is 1. The van der Waals surface area contributed by atoms with E-state index in [1.54, 1.807) is 0 Å². The molecular formula is C14H22O. The molecule has 2 unspecified atom stereocenters. The summed E-state index contributed by atoms with van der Waals surface area (Å²) in [6, 6.07) is 0. The third-order valence-corrected chi connectivity index (χ3v) is 3.51. The maximum atomic E-state index is 11.7. The molecule has 0 radical (unpaired) electrons. The van der Waals surface area contributed by atoms with Gasteiger partial charge in [0.1, 0.15) is 5.78 Å². The van der Waals surface area contributed by atoms with Crippen molar-refractivity contribution < 1.29 is 4.79 Å². The van der Waals surface area contributed by atoms with Crippen LogP contribution >= 0.6 is 0 Å². The van der Waals surface area contributed by atoms with Gasteiger partial charge in [0.25, 0.3) is 0 Å². The van der Waals surface area contributed by atoms with Crippen LogP contribution in [0.4, 0.5) is 0 Å². The van der Waals surface area contributed by atoms with Crippen LogP contribution in [0.5, 0.6) is 0 Å². The highest BCUT2D eigenvalue weighted by Gasteiger charge is 2.34. The Morgan fingerprint density at radius 1 is 1.40 bits per heavy atom. The van der Waals surface area contributed by atoms with Crippen molar-refractivity contribution in [3.05, 3.63) is 0 Å². The third kappa shape index (κ3) is 3.38. The molecule has 0 aromatic carbocycles. The van der Waals surface area contributed by atoms with Gasteiger partial charge in [0.05, 0.1) is 0 Å². The van der Waals surface area contributed by atoms with Crippen LogP contribution < -0.4 is 0 Å². The van der Waals surface area contributed by atoms with Crippen molar-refractivity contribution in [1.29, 1.82) is 0 Å². The normalized spacial score (nSPS) is 27.1. The first-order valence-electron chi connectivity index (χ1n) is 5.87. The molecule has 0 saturated heterocycles. The summed E-state index contributed by atoms with van der Waals surface area (Å²) < 4.78 is 0. The molecule has 1 saturated carbocycles. The van der Waals surface area contributed by atoms with Gasteiger partial charge in [0, 0.05) is 18.8 Å². The molecule has 15 heavy (non-hydrogen) atoms. The van der Waals surface area contributed by atoms with Crippen LogP contribution in [0, 0.1) is 29.1 Å². The van der Waals surface area contributed by atoms with Crippen molar-refractivity contribution >= 4 is 5.78 Å². The Kier molecular flexibility index (Phi) is 3.97. The lowest BCUT2D eigenvalue weighted by molar-refractivity contribution is -0.126. The molecule has 0 spiro atoms. The molecule has 0 aromatic heterocycles. The van der Waals surface area contributed by atoms with Crippen molar-refractivity contribution in [2.24, 2.45) is 17.3 Å². The van der Waals surface area contributed by atoms with Crippen LogP contribution in [-0.4, -0.2) is 5.78 Å². The van der Waals surface area contributed by atoms with E-state index in [0.717, 1.165) is 25.7 Å². The van der Waals surface area contributed by atoms with Gasteiger partial charge in [-0.1, -0.05) is 20.8 Å². The van der Waals surface area contributed by atoms with E-state index in [1.165, 1.54) is 0 Å². The molecule has 1 aliphatic carbocycles. The Bertz CT molecular complexity index is 285. The predicted molar refractivity (Wildman–Crippen MR) is 63.4 cm³/mol. The van der Waals surface area contributed by atoms with Crippen molar-refractivity contribution in [3.8, 4) is 11.8 Å². The molecule has 0 aromatic rings. The SMILES string of the molecule is CC#CCC1CC(C(C)(C)C)CCC1=O. The van der Waals surface area contributed by atoms with E-state index < -0.39 is 0 Å².